The van der Waals surface area contributed by atoms with Crippen molar-refractivity contribution in [2.75, 3.05) is 74.2 Å². The fourth-order valence-corrected chi connectivity index (χ4v) is 18.5. The molecule has 0 atom stereocenters. The summed E-state index contributed by atoms with van der Waals surface area (Å²) in [6.07, 6.45) is 4.97. The SMILES string of the molecule is CCC1(CC)c2cc(-c3nc(-c4ccc5c(c4)C(CC)(CC)c4cc(N(c6ccccc6)c6cccc(OCC(C)(CO)CO)c6)ccc4-5)nc(-c4ccc5c(c4)C(CC)(CC)c4cc(N(c6ccccc6)c6cccc(OCC(C)(CO)CO)c6)ccc4-5)n3)ccc2-c2ccc(N(c3ccccc3)c3cccc(OCC(CO)CO)c3)cc21. The molecule has 13 aromatic rings. The minimum atomic E-state index is -0.811. The summed E-state index contributed by atoms with van der Waals surface area (Å²) >= 11 is 0. The van der Waals surface area contributed by atoms with Crippen LogP contribution < -0.4 is 28.9 Å². The van der Waals surface area contributed by atoms with Crippen molar-refractivity contribution >= 4 is 51.2 Å². The minimum absolute atomic E-state index is 0.143. The van der Waals surface area contributed by atoms with Crippen molar-refractivity contribution in [2.24, 2.45) is 16.7 Å². The van der Waals surface area contributed by atoms with Gasteiger partial charge in [-0.25, -0.2) is 15.0 Å². The van der Waals surface area contributed by atoms with Crippen molar-refractivity contribution in [2.45, 2.75) is 110 Å². The number of ether oxygens (including phenoxy) is 3. The van der Waals surface area contributed by atoms with Crippen LogP contribution in [0.5, 0.6) is 17.2 Å². The van der Waals surface area contributed by atoms with E-state index in [9.17, 15) is 30.6 Å². The molecule has 0 amide bonds. The van der Waals surface area contributed by atoms with Crippen LogP contribution in [-0.4, -0.2) is 105 Å². The smallest absolute Gasteiger partial charge is 0.164 e. The number of aliphatic hydroxyl groups excluding tert-OH is 6. The van der Waals surface area contributed by atoms with Crippen molar-refractivity contribution in [3.05, 3.63) is 306 Å². The monoisotopic (exact) mass is 1580 g/mol. The second kappa shape index (κ2) is 33.9. The third kappa shape index (κ3) is 14.8. The third-order valence-electron chi connectivity index (χ3n) is 25.8. The number of benzene rings is 12. The maximum Gasteiger partial charge on any atom is 0.164 e. The Morgan fingerprint density at radius 1 is 0.286 bits per heavy atom. The van der Waals surface area contributed by atoms with E-state index in [4.69, 9.17) is 29.2 Å². The standard InChI is InChI=1S/C104H106N6O9/c1-9-102(10-2)91-51-70(39-45-85(91)88-48-42-79(57-94(88)102)108(73-27-18-15-19-28-73)76-33-24-36-82(54-76)117-62-69(60-111)61-112)97-105-98(71-40-46-86-89-49-43-80(58-95(89)103(11-3,12-4)92(86)52-71)109(74-29-20-16-21-30-74)77-34-25-37-83(55-77)118-67-100(7,63-113)64-114)107-99(106-97)72-41-47-87-90-50-44-81(59-96(90)104(13-5,14-6)93(87)53-72)110(75-31-22-17-23-32-75)78-35-26-38-84(56-78)119-68-101(8,65-115)66-116/h15-59,69,111-116H,9-14,60-68H2,1-8H3. The maximum absolute atomic E-state index is 10.2. The molecule has 12 aromatic carbocycles. The second-order valence-electron chi connectivity index (χ2n) is 33.0. The van der Waals surface area contributed by atoms with Gasteiger partial charge in [0.15, 0.2) is 17.5 Å². The maximum atomic E-state index is 10.2. The van der Waals surface area contributed by atoms with Crippen molar-refractivity contribution in [1.82, 2.24) is 15.0 Å². The zero-order valence-corrected chi connectivity index (χ0v) is 69.3. The van der Waals surface area contributed by atoms with Gasteiger partial charge in [-0.2, -0.15) is 0 Å². The molecular weight excluding hydrogens is 1480 g/mol. The predicted octanol–water partition coefficient (Wildman–Crippen LogP) is 22.3. The number of para-hydroxylation sites is 3. The normalized spacial score (nSPS) is 13.7. The summed E-state index contributed by atoms with van der Waals surface area (Å²) in [5, 5.41) is 60.5. The zero-order valence-electron chi connectivity index (χ0n) is 69.3. The van der Waals surface area contributed by atoms with E-state index in [2.05, 4.69) is 256 Å². The number of rotatable bonds is 33. The van der Waals surface area contributed by atoms with Crippen LogP contribution in [0.4, 0.5) is 51.2 Å². The molecule has 0 fully saturated rings. The van der Waals surface area contributed by atoms with Gasteiger partial charge in [0.2, 0.25) is 0 Å². The van der Waals surface area contributed by atoms with E-state index in [1.54, 1.807) is 0 Å². The van der Waals surface area contributed by atoms with E-state index < -0.39 is 33.0 Å². The Morgan fingerprint density at radius 2 is 0.538 bits per heavy atom. The Bertz CT molecular complexity index is 5520. The van der Waals surface area contributed by atoms with Crippen LogP contribution in [-0.2, 0) is 16.2 Å². The lowest BCUT2D eigenvalue weighted by Crippen LogP contribution is -2.33. The van der Waals surface area contributed by atoms with Crippen molar-refractivity contribution in [3.63, 3.8) is 0 Å². The van der Waals surface area contributed by atoms with Crippen molar-refractivity contribution in [3.8, 4) is 84.8 Å². The number of hydrogen-bond acceptors (Lipinski definition) is 15. The van der Waals surface area contributed by atoms with E-state index in [1.165, 1.54) is 66.8 Å². The van der Waals surface area contributed by atoms with Crippen LogP contribution in [0.3, 0.4) is 0 Å². The molecule has 0 saturated carbocycles. The molecule has 0 saturated heterocycles. The van der Waals surface area contributed by atoms with E-state index in [0.29, 0.717) is 34.7 Å². The first-order valence-corrected chi connectivity index (χ1v) is 42.1. The second-order valence-corrected chi connectivity index (χ2v) is 33.0. The Hall–Kier alpha value is -11.8. The quantitative estimate of drug-likeness (QED) is 0.0227. The summed E-state index contributed by atoms with van der Waals surface area (Å²) in [6.45, 7) is 16.7. The highest BCUT2D eigenvalue weighted by atomic mass is 16.5. The van der Waals surface area contributed by atoms with Gasteiger partial charge >= 0.3 is 0 Å². The third-order valence-corrected chi connectivity index (χ3v) is 25.8. The highest BCUT2D eigenvalue weighted by Gasteiger charge is 2.45. The fourth-order valence-electron chi connectivity index (χ4n) is 18.5. The van der Waals surface area contributed by atoms with Crippen LogP contribution in [0.1, 0.15) is 127 Å². The first-order valence-electron chi connectivity index (χ1n) is 42.1. The van der Waals surface area contributed by atoms with Gasteiger partial charge in [-0.15, -0.1) is 0 Å². The Balaban J connectivity index is 0.816. The number of hydrogen-bond donors (Lipinski definition) is 6. The summed E-state index contributed by atoms with van der Waals surface area (Å²) in [6, 6.07) is 96.5. The van der Waals surface area contributed by atoms with E-state index in [-0.39, 0.29) is 59.5 Å². The summed E-state index contributed by atoms with van der Waals surface area (Å²) in [5.74, 6) is 3.21. The van der Waals surface area contributed by atoms with Gasteiger partial charge in [0.05, 0.1) is 59.5 Å². The molecule has 0 spiro atoms. The van der Waals surface area contributed by atoms with E-state index in [1.807, 2.05) is 86.6 Å². The molecule has 0 aliphatic heterocycles. The number of aliphatic hydroxyl groups is 6. The molecule has 0 bridgehead atoms. The zero-order chi connectivity index (χ0) is 82.8. The molecule has 0 unspecified atom stereocenters. The molecular formula is C104H106N6O9. The molecule has 0 radical (unpaired) electrons. The Kier molecular flexibility index (Phi) is 23.1. The molecule has 15 heteroatoms. The average molecular weight is 1580 g/mol. The molecule has 119 heavy (non-hydrogen) atoms. The average Bonchev–Trinajstić information content (AvgIpc) is 1.57. The van der Waals surface area contributed by atoms with Gasteiger partial charge in [0.1, 0.15) is 17.2 Å². The first kappa shape index (κ1) is 81.0. The number of fused-ring (bicyclic) bond motifs is 9. The summed E-state index contributed by atoms with van der Waals surface area (Å²) in [5.41, 5.74) is 23.0. The Labute approximate surface area is 699 Å². The van der Waals surface area contributed by atoms with Crippen LogP contribution in [0.15, 0.2) is 273 Å². The highest BCUT2D eigenvalue weighted by molar-refractivity contribution is 5.92. The Morgan fingerprint density at radius 3 is 0.807 bits per heavy atom. The lowest BCUT2D eigenvalue weighted by Gasteiger charge is -2.32. The molecule has 1 heterocycles. The molecule has 6 N–H and O–H groups in total. The van der Waals surface area contributed by atoms with Crippen LogP contribution >= 0.6 is 0 Å². The molecule has 16 rings (SSSR count). The lowest BCUT2D eigenvalue weighted by molar-refractivity contribution is 0.0285. The molecule has 606 valence electrons. The van der Waals surface area contributed by atoms with Crippen LogP contribution in [0.25, 0.3) is 67.5 Å². The van der Waals surface area contributed by atoms with Crippen LogP contribution in [0.2, 0.25) is 0 Å². The van der Waals surface area contributed by atoms with Gasteiger partial charge in [0.25, 0.3) is 0 Å². The first-order chi connectivity index (χ1) is 58.0. The summed E-state index contributed by atoms with van der Waals surface area (Å²) in [7, 11) is 0. The summed E-state index contributed by atoms with van der Waals surface area (Å²) < 4.78 is 18.9. The molecule has 3 aliphatic carbocycles. The van der Waals surface area contributed by atoms with Crippen molar-refractivity contribution in [1.29, 1.82) is 0 Å². The largest absolute Gasteiger partial charge is 0.493 e. The molecule has 1 aromatic heterocycles. The van der Waals surface area contributed by atoms with Gasteiger partial charge < -0.3 is 59.5 Å². The number of anilines is 9. The van der Waals surface area contributed by atoms with Crippen LogP contribution in [0, 0.1) is 16.7 Å². The topological polar surface area (TPSA) is 197 Å². The van der Waals surface area contributed by atoms with E-state index >= 15 is 0 Å². The number of aromatic nitrogens is 3. The van der Waals surface area contributed by atoms with E-state index in [0.717, 1.165) is 106 Å². The molecule has 15 nitrogen and oxygen atoms in total. The van der Waals surface area contributed by atoms with Crippen molar-refractivity contribution < 1.29 is 44.8 Å². The highest BCUT2D eigenvalue weighted by Crippen LogP contribution is 2.59. The number of nitrogens with zero attached hydrogens (tertiary/aromatic N) is 6. The fraction of sp³-hybridized carbons (Fsp3) is 0.279. The van der Waals surface area contributed by atoms with Gasteiger partial charge in [0, 0.05) is 119 Å². The minimum Gasteiger partial charge on any atom is -0.493 e. The molecule has 3 aliphatic rings. The van der Waals surface area contributed by atoms with Gasteiger partial charge in [-0.05, 0) is 233 Å². The summed E-state index contributed by atoms with van der Waals surface area (Å²) in [4.78, 5) is 23.8. The van der Waals surface area contributed by atoms with Gasteiger partial charge in [-0.3, -0.25) is 0 Å². The predicted molar refractivity (Wildman–Crippen MR) is 479 cm³/mol. The van der Waals surface area contributed by atoms with Gasteiger partial charge in [-0.1, -0.05) is 183 Å². The lowest BCUT2D eigenvalue weighted by atomic mass is 9.73.